The highest BCUT2D eigenvalue weighted by Crippen LogP contribution is 2.39. The van der Waals surface area contributed by atoms with E-state index in [1.807, 2.05) is 47.7 Å². The molecule has 6 heteroatoms. The van der Waals surface area contributed by atoms with E-state index in [-0.39, 0.29) is 5.41 Å². The predicted octanol–water partition coefficient (Wildman–Crippen LogP) is 8.77. The second-order valence-electron chi connectivity index (χ2n) is 13.8. The Hall–Kier alpha value is -4.55. The van der Waals surface area contributed by atoms with E-state index in [1.54, 1.807) is 6.20 Å². The van der Waals surface area contributed by atoms with Crippen LogP contribution in [0, 0.1) is 0 Å². The Morgan fingerprint density at radius 1 is 0.864 bits per heavy atom. The molecule has 0 spiro atoms. The summed E-state index contributed by atoms with van der Waals surface area (Å²) in [5, 5.41) is 3.65. The molecule has 0 aliphatic carbocycles. The summed E-state index contributed by atoms with van der Waals surface area (Å²) in [6, 6.07) is 25.3. The lowest BCUT2D eigenvalue weighted by molar-refractivity contribution is 0.282. The van der Waals surface area contributed by atoms with Crippen LogP contribution in [-0.4, -0.2) is 40.6 Å². The molecular formula is C38H40N4OSi. The van der Waals surface area contributed by atoms with Crippen LogP contribution in [0.15, 0.2) is 110 Å². The molecule has 3 aromatic carbocycles. The minimum absolute atomic E-state index is 0.169. The average molecular weight is 600 g/mol. The van der Waals surface area contributed by atoms with Crippen molar-refractivity contribution < 1.29 is 8.85 Å². The maximum absolute atomic E-state index is 8.17. The number of likely N-dealkylation sites (N-methyl/N-ethyl adjacent to an activating group) is 1. The molecule has 5 nitrogen and oxygen atoms in total. The number of para-hydroxylation sites is 1. The molecule has 0 saturated carbocycles. The molecule has 1 unspecified atom stereocenters. The van der Waals surface area contributed by atoms with Crippen LogP contribution in [0.25, 0.3) is 33.3 Å². The molecule has 0 amide bonds. The van der Waals surface area contributed by atoms with Crippen LogP contribution in [0.4, 0.5) is 0 Å². The summed E-state index contributed by atoms with van der Waals surface area (Å²) < 4.78 is 33.4. The number of rotatable bonds is 5. The van der Waals surface area contributed by atoms with Crippen LogP contribution in [-0.2, 0) is 5.41 Å². The fourth-order valence-corrected chi connectivity index (χ4v) is 7.21. The zero-order chi connectivity index (χ0) is 33.3. The Morgan fingerprint density at radius 3 is 2.48 bits per heavy atom. The molecule has 1 atom stereocenters. The smallest absolute Gasteiger partial charge is 0.137 e. The zero-order valence-corrected chi connectivity index (χ0v) is 27.2. The van der Waals surface area contributed by atoms with E-state index in [0.29, 0.717) is 11.5 Å². The van der Waals surface area contributed by atoms with Crippen LogP contribution in [0.3, 0.4) is 0 Å². The van der Waals surface area contributed by atoms with Crippen LogP contribution in [0.5, 0.6) is 11.5 Å². The highest BCUT2D eigenvalue weighted by Gasteiger charge is 2.30. The lowest BCUT2D eigenvalue weighted by Crippen LogP contribution is -2.37. The van der Waals surface area contributed by atoms with Gasteiger partial charge in [0.2, 0.25) is 0 Å². The molecule has 7 rings (SSSR count). The van der Waals surface area contributed by atoms with Gasteiger partial charge in [-0.15, -0.1) is 0 Å². The molecule has 0 N–H and O–H groups in total. The lowest BCUT2D eigenvalue weighted by atomic mass is 9.85. The Labute approximate surface area is 265 Å². The molecule has 2 aromatic heterocycles. The van der Waals surface area contributed by atoms with E-state index in [1.165, 1.54) is 10.1 Å². The standard InChI is InChI=1S/C38H40N4OSi/c1-38(2,3)27-20-26(35-25-40(4)37-14-10-11-19-41(35)37)21-29(22-27)43-28-15-16-32-31-12-8-9-13-33(31)42(34(32)23-28)36-24-30(17-18-39-36)44(5,6)7/h8-25,37H,1-7H3/i4D3. The number of pyridine rings is 1. The summed E-state index contributed by atoms with van der Waals surface area (Å²) in [6.07, 6.45) is 10.9. The number of fused-ring (bicyclic) bond motifs is 4. The lowest BCUT2D eigenvalue weighted by Gasteiger charge is -2.29. The van der Waals surface area contributed by atoms with Crippen molar-refractivity contribution in [3.63, 3.8) is 0 Å². The summed E-state index contributed by atoms with van der Waals surface area (Å²) in [5.74, 6) is 2.30. The van der Waals surface area contributed by atoms with E-state index < -0.39 is 21.2 Å². The minimum atomic E-state index is -2.28. The number of benzene rings is 3. The molecular weight excluding hydrogens is 557 g/mol. The van der Waals surface area contributed by atoms with Crippen molar-refractivity contribution in [1.29, 1.82) is 0 Å². The monoisotopic (exact) mass is 599 g/mol. The van der Waals surface area contributed by atoms with Gasteiger partial charge in [0.15, 0.2) is 0 Å². The molecule has 0 bridgehead atoms. The molecule has 44 heavy (non-hydrogen) atoms. The number of aromatic nitrogens is 2. The van der Waals surface area contributed by atoms with Crippen molar-refractivity contribution in [2.24, 2.45) is 0 Å². The van der Waals surface area contributed by atoms with Gasteiger partial charge >= 0.3 is 0 Å². The molecule has 222 valence electrons. The number of hydrogen-bond acceptors (Lipinski definition) is 4. The SMILES string of the molecule is [2H]C([2H])([2H])N1C=C(c2cc(Oc3ccc4c5ccccc5n(-c5cc([Si](C)(C)C)ccn5)c4c3)cc(C(C)(C)C)c2)N2C=CC=CC21. The van der Waals surface area contributed by atoms with Crippen LogP contribution in [0.1, 0.15) is 36.0 Å². The van der Waals surface area contributed by atoms with Crippen molar-refractivity contribution in [3.05, 3.63) is 121 Å². The first-order valence-electron chi connectivity index (χ1n) is 16.7. The van der Waals surface area contributed by atoms with Gasteiger partial charge in [-0.2, -0.15) is 0 Å². The Bertz CT molecular complexity index is 2110. The minimum Gasteiger partial charge on any atom is -0.457 e. The molecule has 2 aliphatic heterocycles. The van der Waals surface area contributed by atoms with Gasteiger partial charge in [-0.25, -0.2) is 4.98 Å². The maximum atomic E-state index is 8.17. The molecule has 2 aliphatic rings. The highest BCUT2D eigenvalue weighted by molar-refractivity contribution is 6.88. The van der Waals surface area contributed by atoms with Crippen molar-refractivity contribution in [2.75, 3.05) is 6.98 Å². The van der Waals surface area contributed by atoms with Gasteiger partial charge in [0.05, 0.1) is 24.8 Å². The van der Waals surface area contributed by atoms with Gasteiger partial charge in [-0.3, -0.25) is 4.57 Å². The normalized spacial score (nSPS) is 17.9. The van der Waals surface area contributed by atoms with E-state index in [0.717, 1.165) is 44.4 Å². The first-order chi connectivity index (χ1) is 22.2. The molecule has 0 radical (unpaired) electrons. The molecule has 0 saturated heterocycles. The van der Waals surface area contributed by atoms with Crippen LogP contribution >= 0.6 is 0 Å². The Kier molecular flexibility index (Phi) is 5.80. The average Bonchev–Trinajstić information content (AvgIpc) is 3.57. The summed E-state index contributed by atoms with van der Waals surface area (Å²) >= 11 is 0. The van der Waals surface area contributed by atoms with Gasteiger partial charge in [0.25, 0.3) is 0 Å². The van der Waals surface area contributed by atoms with E-state index in [4.69, 9.17) is 13.8 Å². The van der Waals surface area contributed by atoms with Gasteiger partial charge in [0, 0.05) is 52.1 Å². The third-order valence-electron chi connectivity index (χ3n) is 8.54. The van der Waals surface area contributed by atoms with Crippen molar-refractivity contribution in [3.8, 4) is 17.3 Å². The first kappa shape index (κ1) is 24.8. The predicted molar refractivity (Wildman–Crippen MR) is 186 cm³/mol. The fraction of sp³-hybridized carbons (Fsp3) is 0.237. The van der Waals surface area contributed by atoms with Crippen molar-refractivity contribution in [1.82, 2.24) is 19.4 Å². The Balaban J connectivity index is 1.34. The summed E-state index contributed by atoms with van der Waals surface area (Å²) in [4.78, 5) is 8.28. The molecule has 5 aromatic rings. The second-order valence-corrected chi connectivity index (χ2v) is 18.8. The largest absolute Gasteiger partial charge is 0.457 e. The van der Waals surface area contributed by atoms with E-state index in [2.05, 4.69) is 106 Å². The van der Waals surface area contributed by atoms with Gasteiger partial charge in [0.1, 0.15) is 23.5 Å². The van der Waals surface area contributed by atoms with Crippen LogP contribution in [0.2, 0.25) is 19.6 Å². The van der Waals surface area contributed by atoms with Gasteiger partial charge in [-0.05, 0) is 71.7 Å². The van der Waals surface area contributed by atoms with Crippen LogP contribution < -0.4 is 9.92 Å². The third-order valence-corrected chi connectivity index (χ3v) is 10.6. The van der Waals surface area contributed by atoms with Gasteiger partial charge < -0.3 is 14.5 Å². The number of allylic oxidation sites excluding steroid dienone is 2. The zero-order valence-electron chi connectivity index (χ0n) is 29.2. The maximum Gasteiger partial charge on any atom is 0.137 e. The number of hydrogen-bond donors (Lipinski definition) is 0. The topological polar surface area (TPSA) is 33.5 Å². The van der Waals surface area contributed by atoms with E-state index in [9.17, 15) is 0 Å². The number of ether oxygens (including phenoxy) is 1. The third kappa shape index (κ3) is 4.93. The molecule has 4 heterocycles. The number of nitrogens with zero attached hydrogens (tertiary/aromatic N) is 4. The van der Waals surface area contributed by atoms with Crippen molar-refractivity contribution in [2.45, 2.75) is 52.0 Å². The fourth-order valence-electron chi connectivity index (χ4n) is 6.08. The quantitative estimate of drug-likeness (QED) is 0.189. The summed E-state index contributed by atoms with van der Waals surface area (Å²) in [6.45, 7) is 11.3. The Morgan fingerprint density at radius 2 is 1.68 bits per heavy atom. The van der Waals surface area contributed by atoms with Gasteiger partial charge in [-0.1, -0.05) is 69.9 Å². The highest BCUT2D eigenvalue weighted by atomic mass is 28.3. The summed E-state index contributed by atoms with van der Waals surface area (Å²) in [5.41, 5.74) is 4.75. The van der Waals surface area contributed by atoms with Crippen molar-refractivity contribution >= 4 is 40.8 Å². The van der Waals surface area contributed by atoms with E-state index >= 15 is 0 Å². The first-order valence-corrected chi connectivity index (χ1v) is 18.7. The summed E-state index contributed by atoms with van der Waals surface area (Å²) in [7, 11) is -1.57. The second kappa shape index (κ2) is 10.3. The molecule has 0 fully saturated rings.